The van der Waals surface area contributed by atoms with E-state index < -0.39 is 0 Å². The minimum absolute atomic E-state index is 0.794. The highest BCUT2D eigenvalue weighted by molar-refractivity contribution is 9.11. The van der Waals surface area contributed by atoms with E-state index in [-0.39, 0.29) is 0 Å². The quantitative estimate of drug-likeness (QED) is 0.930. The molecule has 0 amide bonds. The molecule has 1 N–H and O–H groups in total. The molecule has 2 rings (SSSR count). The maximum Gasteiger partial charge on any atom is 0.206 e. The summed E-state index contributed by atoms with van der Waals surface area (Å²) >= 11 is 4.75. The van der Waals surface area contributed by atoms with Crippen LogP contribution in [0, 0.1) is 0 Å². The van der Waals surface area contributed by atoms with Crippen molar-refractivity contribution in [3.05, 3.63) is 22.1 Å². The smallest absolute Gasteiger partial charge is 0.206 e. The molecule has 0 atom stereocenters. The average Bonchev–Trinajstić information content (AvgIpc) is 2.76. The first-order valence-electron chi connectivity index (χ1n) is 4.44. The van der Waals surface area contributed by atoms with E-state index >= 15 is 0 Å². The summed E-state index contributed by atoms with van der Waals surface area (Å²) in [6.45, 7) is 0.818. The molecular formula is C8H10BrN5S. The lowest BCUT2D eigenvalue weighted by Crippen LogP contribution is -2.04. The Hall–Kier alpha value is -0.950. The molecule has 0 unspecified atom stereocenters. The van der Waals surface area contributed by atoms with E-state index in [1.165, 1.54) is 11.3 Å². The number of aryl methyl sites for hydroxylation is 1. The second-order valence-corrected chi connectivity index (χ2v) is 5.32. The lowest BCUT2D eigenvalue weighted by molar-refractivity contribution is 0.910. The lowest BCUT2D eigenvalue weighted by Gasteiger charge is -1.98. The fraction of sp³-hybridized carbons (Fsp3) is 0.375. The summed E-state index contributed by atoms with van der Waals surface area (Å²) in [4.78, 5) is 4.23. The number of nitrogens with one attached hydrogen (secondary N) is 1. The standard InChI is InChI=1S/C8H10BrN5S/c1-14-4-6(11-5-14)2-3-10-8-13-12-7(9)15-8/h4-5H,2-3H2,1H3,(H,10,13). The molecule has 5 nitrogen and oxygen atoms in total. The molecule has 0 radical (unpaired) electrons. The van der Waals surface area contributed by atoms with Crippen LogP contribution in [0.15, 0.2) is 16.4 Å². The van der Waals surface area contributed by atoms with Crippen LogP contribution >= 0.6 is 27.3 Å². The summed E-state index contributed by atoms with van der Waals surface area (Å²) in [7, 11) is 1.96. The molecule has 0 aliphatic heterocycles. The molecular weight excluding hydrogens is 278 g/mol. The third kappa shape index (κ3) is 3.00. The second kappa shape index (κ2) is 4.71. The lowest BCUT2D eigenvalue weighted by atomic mass is 10.3. The van der Waals surface area contributed by atoms with Crippen LogP contribution in [0.3, 0.4) is 0 Å². The fourth-order valence-corrected chi connectivity index (χ4v) is 2.21. The van der Waals surface area contributed by atoms with Gasteiger partial charge >= 0.3 is 0 Å². The van der Waals surface area contributed by atoms with Gasteiger partial charge in [0.15, 0.2) is 3.92 Å². The predicted molar refractivity (Wildman–Crippen MR) is 63.0 cm³/mol. The number of imidazole rings is 1. The van der Waals surface area contributed by atoms with Crippen LogP contribution in [0.4, 0.5) is 5.13 Å². The number of anilines is 1. The number of hydrogen-bond donors (Lipinski definition) is 1. The number of aromatic nitrogens is 4. The summed E-state index contributed by atoms with van der Waals surface area (Å²) in [5, 5.41) is 11.8. The SMILES string of the molecule is Cn1cnc(CCNc2nnc(Br)s2)c1. The fourth-order valence-electron chi connectivity index (χ4n) is 1.17. The van der Waals surface area contributed by atoms with Gasteiger partial charge in [-0.1, -0.05) is 11.3 Å². The van der Waals surface area contributed by atoms with Crippen molar-refractivity contribution in [3.8, 4) is 0 Å². The van der Waals surface area contributed by atoms with Gasteiger partial charge in [-0.05, 0) is 15.9 Å². The molecule has 0 saturated carbocycles. The van der Waals surface area contributed by atoms with E-state index in [9.17, 15) is 0 Å². The van der Waals surface area contributed by atoms with Gasteiger partial charge < -0.3 is 9.88 Å². The van der Waals surface area contributed by atoms with Gasteiger partial charge in [0.1, 0.15) is 0 Å². The molecule has 2 aromatic heterocycles. The second-order valence-electron chi connectivity index (χ2n) is 3.07. The molecule has 0 aliphatic rings. The van der Waals surface area contributed by atoms with Crippen molar-refractivity contribution >= 4 is 32.4 Å². The van der Waals surface area contributed by atoms with Crippen LogP contribution < -0.4 is 5.32 Å². The maximum atomic E-state index is 4.23. The Bertz CT molecular complexity index is 397. The summed E-state index contributed by atoms with van der Waals surface area (Å²) in [6, 6.07) is 0. The highest BCUT2D eigenvalue weighted by Crippen LogP contribution is 2.19. The highest BCUT2D eigenvalue weighted by atomic mass is 79.9. The molecule has 0 bridgehead atoms. The molecule has 0 fully saturated rings. The molecule has 0 spiro atoms. The molecule has 7 heteroatoms. The first kappa shape index (κ1) is 10.6. The maximum absolute atomic E-state index is 4.23. The van der Waals surface area contributed by atoms with Crippen molar-refractivity contribution in [2.45, 2.75) is 6.42 Å². The molecule has 2 heterocycles. The van der Waals surface area contributed by atoms with Crippen LogP contribution in [0.1, 0.15) is 5.69 Å². The molecule has 80 valence electrons. The van der Waals surface area contributed by atoms with Crippen molar-refractivity contribution in [3.63, 3.8) is 0 Å². The van der Waals surface area contributed by atoms with Crippen molar-refractivity contribution in [2.75, 3.05) is 11.9 Å². The van der Waals surface area contributed by atoms with Crippen molar-refractivity contribution in [1.82, 2.24) is 19.7 Å². The first-order chi connectivity index (χ1) is 7.24. The van der Waals surface area contributed by atoms with Crippen LogP contribution in [0.2, 0.25) is 0 Å². The Morgan fingerprint density at radius 1 is 1.53 bits per heavy atom. The summed E-state index contributed by atoms with van der Waals surface area (Å²) in [5.41, 5.74) is 1.08. The Labute approximate surface area is 99.7 Å². The Balaban J connectivity index is 1.80. The predicted octanol–water partition coefficient (Wildman–Crippen LogP) is 1.69. The zero-order chi connectivity index (χ0) is 10.7. The number of halogens is 1. The van der Waals surface area contributed by atoms with Crippen LogP contribution in [0.5, 0.6) is 0 Å². The number of nitrogens with zero attached hydrogens (tertiary/aromatic N) is 4. The summed E-state index contributed by atoms with van der Waals surface area (Å²) in [6.07, 6.45) is 4.70. The molecule has 0 saturated heterocycles. The zero-order valence-corrected chi connectivity index (χ0v) is 10.5. The van der Waals surface area contributed by atoms with E-state index in [4.69, 9.17) is 0 Å². The van der Waals surface area contributed by atoms with Gasteiger partial charge in [-0.3, -0.25) is 0 Å². The minimum atomic E-state index is 0.794. The van der Waals surface area contributed by atoms with Gasteiger partial charge in [-0.2, -0.15) is 0 Å². The van der Waals surface area contributed by atoms with Gasteiger partial charge in [-0.25, -0.2) is 4.98 Å². The van der Waals surface area contributed by atoms with Gasteiger partial charge in [0.05, 0.1) is 12.0 Å². The van der Waals surface area contributed by atoms with E-state index in [0.717, 1.165) is 27.7 Å². The molecule has 0 aromatic carbocycles. The first-order valence-corrected chi connectivity index (χ1v) is 6.05. The van der Waals surface area contributed by atoms with Crippen molar-refractivity contribution in [2.24, 2.45) is 7.05 Å². The van der Waals surface area contributed by atoms with Crippen molar-refractivity contribution < 1.29 is 0 Å². The Morgan fingerprint density at radius 2 is 2.40 bits per heavy atom. The topological polar surface area (TPSA) is 55.6 Å². The monoisotopic (exact) mass is 287 g/mol. The largest absolute Gasteiger partial charge is 0.360 e. The zero-order valence-electron chi connectivity index (χ0n) is 8.14. The third-order valence-electron chi connectivity index (χ3n) is 1.82. The molecule has 0 aliphatic carbocycles. The highest BCUT2D eigenvalue weighted by Gasteiger charge is 2.01. The molecule has 15 heavy (non-hydrogen) atoms. The van der Waals surface area contributed by atoms with Crippen LogP contribution in [0.25, 0.3) is 0 Å². The Kier molecular flexibility index (Phi) is 3.32. The normalized spacial score (nSPS) is 10.5. The van der Waals surface area contributed by atoms with Gasteiger partial charge in [0.25, 0.3) is 0 Å². The Morgan fingerprint density at radius 3 is 3.00 bits per heavy atom. The van der Waals surface area contributed by atoms with E-state index in [1.54, 1.807) is 6.33 Å². The summed E-state index contributed by atoms with van der Waals surface area (Å²) in [5.74, 6) is 0. The van der Waals surface area contributed by atoms with Gasteiger partial charge in [0, 0.05) is 26.2 Å². The third-order valence-corrected chi connectivity index (χ3v) is 3.13. The van der Waals surface area contributed by atoms with Crippen LogP contribution in [-0.2, 0) is 13.5 Å². The van der Waals surface area contributed by atoms with E-state index in [0.29, 0.717) is 0 Å². The number of hydrogen-bond acceptors (Lipinski definition) is 5. The van der Waals surface area contributed by atoms with E-state index in [1.807, 2.05) is 17.8 Å². The average molecular weight is 288 g/mol. The summed E-state index contributed by atoms with van der Waals surface area (Å²) < 4.78 is 2.74. The molecule has 2 aromatic rings. The van der Waals surface area contributed by atoms with Crippen molar-refractivity contribution in [1.29, 1.82) is 0 Å². The van der Waals surface area contributed by atoms with Gasteiger partial charge in [0.2, 0.25) is 5.13 Å². The van der Waals surface area contributed by atoms with Crippen LogP contribution in [-0.4, -0.2) is 26.3 Å². The van der Waals surface area contributed by atoms with Gasteiger partial charge in [-0.15, -0.1) is 10.2 Å². The number of rotatable bonds is 4. The minimum Gasteiger partial charge on any atom is -0.360 e. The van der Waals surface area contributed by atoms with E-state index in [2.05, 4.69) is 36.4 Å².